The van der Waals surface area contributed by atoms with Gasteiger partial charge in [0.2, 0.25) is 0 Å². The van der Waals surface area contributed by atoms with Crippen molar-refractivity contribution in [2.45, 2.75) is 63.0 Å². The van der Waals surface area contributed by atoms with E-state index in [1.807, 2.05) is 6.20 Å². The van der Waals surface area contributed by atoms with Gasteiger partial charge >= 0.3 is 0 Å². The van der Waals surface area contributed by atoms with E-state index in [0.717, 1.165) is 0 Å². The topological polar surface area (TPSA) is 38.9 Å². The maximum Gasteiger partial charge on any atom is 0.187 e. The normalized spacial score (nSPS) is 28.4. The number of hydrogen-bond acceptors (Lipinski definition) is 2. The highest BCUT2D eigenvalue weighted by Gasteiger charge is 2.68. The molecule has 0 bridgehead atoms. The van der Waals surface area contributed by atoms with Gasteiger partial charge in [-0.2, -0.15) is 0 Å². The monoisotopic (exact) mass is 456 g/mol. The molecule has 1 saturated carbocycles. The average Bonchev–Trinajstić information content (AvgIpc) is 3.68. The van der Waals surface area contributed by atoms with Crippen molar-refractivity contribution in [3.63, 3.8) is 0 Å². The standard InChI is InChI=1S/C32H33BN2/c1-19-21(12-14-34)25-17-26(25)24-13-15-35-18-29(24)32(19)27-9-7-6-8-22(27)23-11-10-20(16-28(23)32)33-30(2,3)31(33,4)5/h6-16,18,25-26H,17,34H2,1-5H3/b14-12-. The van der Waals surface area contributed by atoms with E-state index < -0.39 is 0 Å². The lowest BCUT2D eigenvalue weighted by Gasteiger charge is -2.36. The van der Waals surface area contributed by atoms with Crippen molar-refractivity contribution in [1.82, 2.24) is 4.98 Å². The molecule has 3 unspecified atom stereocenters. The van der Waals surface area contributed by atoms with Crippen molar-refractivity contribution in [3.05, 3.63) is 107 Å². The van der Waals surface area contributed by atoms with Crippen molar-refractivity contribution in [1.29, 1.82) is 0 Å². The Hall–Kier alpha value is -3.07. The highest BCUT2D eigenvalue weighted by Crippen LogP contribution is 2.73. The molecule has 3 aromatic rings. The van der Waals surface area contributed by atoms with Crippen molar-refractivity contribution in [2.75, 3.05) is 0 Å². The van der Waals surface area contributed by atoms with Gasteiger partial charge in [-0.15, -0.1) is 0 Å². The fourth-order valence-electron chi connectivity index (χ4n) is 8.17. The van der Waals surface area contributed by atoms with Gasteiger partial charge in [-0.25, -0.2) is 0 Å². The predicted octanol–water partition coefficient (Wildman–Crippen LogP) is 6.58. The van der Waals surface area contributed by atoms with Crippen LogP contribution in [0.1, 0.15) is 69.2 Å². The van der Waals surface area contributed by atoms with Crippen LogP contribution >= 0.6 is 0 Å². The first-order valence-electron chi connectivity index (χ1n) is 13.0. The van der Waals surface area contributed by atoms with Gasteiger partial charge in [0, 0.05) is 12.4 Å². The number of pyridine rings is 1. The van der Waals surface area contributed by atoms with Gasteiger partial charge in [0.25, 0.3) is 0 Å². The van der Waals surface area contributed by atoms with Gasteiger partial charge < -0.3 is 5.73 Å². The zero-order valence-corrected chi connectivity index (χ0v) is 21.4. The summed E-state index contributed by atoms with van der Waals surface area (Å²) in [6.07, 6.45) is 9.26. The van der Waals surface area contributed by atoms with E-state index in [1.165, 1.54) is 56.4 Å². The van der Waals surface area contributed by atoms with E-state index in [9.17, 15) is 0 Å². The van der Waals surface area contributed by atoms with Crippen LogP contribution in [0.15, 0.2) is 84.3 Å². The van der Waals surface area contributed by atoms with Crippen LogP contribution in [0.25, 0.3) is 11.1 Å². The largest absolute Gasteiger partial charge is 0.405 e. The SMILES string of the molecule is CC1=C(/C=C\N)C2CC2c2ccncc2C12c1ccccc1-c1ccc(B3C(C)(C)C3(C)C)cc12. The molecule has 1 spiro atoms. The summed E-state index contributed by atoms with van der Waals surface area (Å²) in [5.74, 6) is 1.09. The van der Waals surface area contributed by atoms with Crippen molar-refractivity contribution < 1.29 is 0 Å². The summed E-state index contributed by atoms with van der Waals surface area (Å²) in [4.78, 5) is 4.71. The van der Waals surface area contributed by atoms with Crippen LogP contribution < -0.4 is 11.2 Å². The van der Waals surface area contributed by atoms with Gasteiger partial charge in [0.05, 0.1) is 5.41 Å². The Morgan fingerprint density at radius 1 is 0.914 bits per heavy atom. The first-order valence-corrected chi connectivity index (χ1v) is 13.0. The molecular weight excluding hydrogens is 423 g/mol. The molecule has 2 fully saturated rings. The van der Waals surface area contributed by atoms with Crippen LogP contribution in [0.2, 0.25) is 10.6 Å². The maximum absolute atomic E-state index is 6.04. The molecule has 3 heteroatoms. The summed E-state index contributed by atoms with van der Waals surface area (Å²) in [5.41, 5.74) is 18.3. The number of nitrogens with two attached hydrogens (primary N) is 1. The number of nitrogens with zero attached hydrogens (tertiary/aromatic N) is 1. The summed E-state index contributed by atoms with van der Waals surface area (Å²) in [6.45, 7) is 12.6. The third-order valence-corrected chi connectivity index (χ3v) is 10.5. The van der Waals surface area contributed by atoms with Crippen molar-refractivity contribution in [2.24, 2.45) is 11.7 Å². The van der Waals surface area contributed by atoms with Crippen LogP contribution in [0, 0.1) is 5.92 Å². The molecule has 1 saturated heterocycles. The molecule has 1 aliphatic heterocycles. The summed E-state index contributed by atoms with van der Waals surface area (Å²) in [5, 5.41) is 0.589. The first kappa shape index (κ1) is 21.2. The van der Waals surface area contributed by atoms with E-state index in [1.54, 1.807) is 6.20 Å². The van der Waals surface area contributed by atoms with Gasteiger partial charge in [-0.1, -0.05) is 91.8 Å². The van der Waals surface area contributed by atoms with Crippen LogP contribution in [0.4, 0.5) is 0 Å². The Balaban J connectivity index is 1.60. The molecule has 1 aromatic heterocycles. The number of fused-ring (bicyclic) bond motifs is 9. The fraction of sp³-hybridized carbons (Fsp3) is 0.344. The van der Waals surface area contributed by atoms with Crippen LogP contribution in [0.5, 0.6) is 0 Å². The van der Waals surface area contributed by atoms with Gasteiger partial charge in [-0.3, -0.25) is 4.98 Å². The Morgan fingerprint density at radius 3 is 2.40 bits per heavy atom. The summed E-state index contributed by atoms with van der Waals surface area (Å²) < 4.78 is 0. The Kier molecular flexibility index (Phi) is 3.99. The zero-order chi connectivity index (χ0) is 24.3. The molecule has 4 aliphatic rings. The second kappa shape index (κ2) is 6.57. The first-order chi connectivity index (χ1) is 16.8. The second-order valence-corrected chi connectivity index (χ2v) is 12.3. The third kappa shape index (κ3) is 2.40. The number of rotatable bonds is 2. The quantitative estimate of drug-likeness (QED) is 0.443. The minimum absolute atomic E-state index is 0.294. The number of aromatic nitrogens is 1. The maximum atomic E-state index is 6.04. The Morgan fingerprint density at radius 2 is 1.66 bits per heavy atom. The Bertz CT molecular complexity index is 1460. The minimum atomic E-state index is -0.336. The van der Waals surface area contributed by atoms with E-state index in [0.29, 0.717) is 29.2 Å². The third-order valence-electron chi connectivity index (χ3n) is 10.5. The molecule has 174 valence electrons. The predicted molar refractivity (Wildman–Crippen MR) is 146 cm³/mol. The van der Waals surface area contributed by atoms with E-state index >= 15 is 0 Å². The van der Waals surface area contributed by atoms with E-state index in [-0.39, 0.29) is 5.41 Å². The highest BCUT2D eigenvalue weighted by molar-refractivity contribution is 6.89. The lowest BCUT2D eigenvalue weighted by Crippen LogP contribution is -2.32. The molecule has 0 amide bonds. The number of hydrogen-bond donors (Lipinski definition) is 1. The fourth-order valence-corrected chi connectivity index (χ4v) is 8.17. The molecule has 2 aromatic carbocycles. The molecular formula is C32H33BN2. The van der Waals surface area contributed by atoms with Crippen LogP contribution in [-0.4, -0.2) is 11.7 Å². The molecule has 2 N–H and O–H groups in total. The second-order valence-electron chi connectivity index (χ2n) is 12.3. The smallest absolute Gasteiger partial charge is 0.187 e. The zero-order valence-electron chi connectivity index (χ0n) is 21.4. The molecule has 2 heterocycles. The number of allylic oxidation sites excluding steroid dienone is 3. The lowest BCUT2D eigenvalue weighted by atomic mass is 9.52. The Labute approximate surface area is 209 Å². The van der Waals surface area contributed by atoms with E-state index in [4.69, 9.17) is 10.7 Å². The lowest BCUT2D eigenvalue weighted by molar-refractivity contribution is 0.628. The molecule has 2 nitrogen and oxygen atoms in total. The minimum Gasteiger partial charge on any atom is -0.405 e. The van der Waals surface area contributed by atoms with Crippen molar-refractivity contribution in [3.8, 4) is 11.1 Å². The van der Waals surface area contributed by atoms with Crippen LogP contribution in [0.3, 0.4) is 0 Å². The average molecular weight is 456 g/mol. The summed E-state index contributed by atoms with van der Waals surface area (Å²) >= 11 is 0. The summed E-state index contributed by atoms with van der Waals surface area (Å²) in [6, 6.07) is 18.7. The van der Waals surface area contributed by atoms with E-state index in [2.05, 4.69) is 95.4 Å². The molecule has 0 radical (unpaired) electrons. The van der Waals surface area contributed by atoms with Gasteiger partial charge in [-0.05, 0) is 82.5 Å². The number of benzene rings is 2. The molecule has 7 rings (SSSR count). The molecule has 3 aliphatic carbocycles. The van der Waals surface area contributed by atoms with Gasteiger partial charge in [0.15, 0.2) is 6.71 Å². The van der Waals surface area contributed by atoms with Crippen molar-refractivity contribution >= 4 is 12.2 Å². The van der Waals surface area contributed by atoms with Crippen LogP contribution in [-0.2, 0) is 5.41 Å². The molecule has 35 heavy (non-hydrogen) atoms. The summed E-state index contributed by atoms with van der Waals surface area (Å²) in [7, 11) is 0. The van der Waals surface area contributed by atoms with Gasteiger partial charge in [0.1, 0.15) is 0 Å². The highest BCUT2D eigenvalue weighted by atomic mass is 14.7. The molecule has 3 atom stereocenters.